The number of carboxylic acids is 1. The lowest BCUT2D eigenvalue weighted by Crippen LogP contribution is -2.57. The summed E-state index contributed by atoms with van der Waals surface area (Å²) < 4.78 is 0. The van der Waals surface area contributed by atoms with Gasteiger partial charge in [-0.3, -0.25) is 19.2 Å². The standard InChI is InChI=1S/C19H36N6O6S2/c1-33-9-7-13(18(29)25-14(10-32)19(30)31)24-17(28)12(5-6-15(22)26)23-16(27)11(21)4-2-3-8-20/h11-14,32H,2-10,20-21H2,1H3,(H2,22,26)(H,23,27)(H,24,28)(H,25,29)(H,30,31). The second-order valence-electron chi connectivity index (χ2n) is 7.38. The molecule has 0 fully saturated rings. The molecule has 0 rings (SSSR count). The van der Waals surface area contributed by atoms with E-state index in [2.05, 4.69) is 28.6 Å². The first-order chi connectivity index (χ1) is 15.6. The average Bonchev–Trinajstić information content (AvgIpc) is 2.76. The minimum atomic E-state index is -1.26. The van der Waals surface area contributed by atoms with Gasteiger partial charge >= 0.3 is 5.97 Å². The molecule has 0 aromatic heterocycles. The lowest BCUT2D eigenvalue weighted by molar-refractivity contribution is -0.141. The molecule has 0 aliphatic heterocycles. The molecule has 10 N–H and O–H groups in total. The van der Waals surface area contributed by atoms with E-state index in [-0.39, 0.29) is 25.0 Å². The number of hydrogen-bond donors (Lipinski definition) is 8. The van der Waals surface area contributed by atoms with Crippen LogP contribution in [0.2, 0.25) is 0 Å². The third-order valence-electron chi connectivity index (χ3n) is 4.66. The summed E-state index contributed by atoms with van der Waals surface area (Å²) in [5.41, 5.74) is 16.5. The summed E-state index contributed by atoms with van der Waals surface area (Å²) in [5, 5.41) is 16.5. The van der Waals surface area contributed by atoms with Crippen molar-refractivity contribution in [3.05, 3.63) is 0 Å². The highest BCUT2D eigenvalue weighted by molar-refractivity contribution is 7.98. The van der Waals surface area contributed by atoms with Crippen molar-refractivity contribution in [1.29, 1.82) is 0 Å². The number of aliphatic carboxylic acids is 1. The Morgan fingerprint density at radius 3 is 1.94 bits per heavy atom. The molecule has 0 aliphatic carbocycles. The van der Waals surface area contributed by atoms with E-state index in [1.807, 2.05) is 6.26 Å². The Balaban J connectivity index is 5.35. The molecule has 0 spiro atoms. The fraction of sp³-hybridized carbons (Fsp3) is 0.737. The van der Waals surface area contributed by atoms with Crippen LogP contribution in [0.1, 0.15) is 38.5 Å². The van der Waals surface area contributed by atoms with Gasteiger partial charge in [0.1, 0.15) is 18.1 Å². The molecule has 33 heavy (non-hydrogen) atoms. The van der Waals surface area contributed by atoms with Crippen LogP contribution in [-0.2, 0) is 24.0 Å². The van der Waals surface area contributed by atoms with Gasteiger partial charge < -0.3 is 38.3 Å². The number of thiol groups is 1. The molecular formula is C19H36N6O6S2. The Labute approximate surface area is 203 Å². The molecule has 0 aromatic carbocycles. The fourth-order valence-corrected chi connectivity index (χ4v) is 3.43. The van der Waals surface area contributed by atoms with Crippen molar-refractivity contribution in [2.24, 2.45) is 17.2 Å². The summed E-state index contributed by atoms with van der Waals surface area (Å²) in [6.45, 7) is 0.466. The Hall–Kier alpha value is -2.03. The highest BCUT2D eigenvalue weighted by Crippen LogP contribution is 2.06. The van der Waals surface area contributed by atoms with Crippen molar-refractivity contribution in [3.63, 3.8) is 0 Å². The molecule has 0 aliphatic rings. The first-order valence-corrected chi connectivity index (χ1v) is 12.6. The molecule has 4 amide bonds. The van der Waals surface area contributed by atoms with E-state index in [0.29, 0.717) is 31.6 Å². The molecule has 0 bridgehead atoms. The molecule has 14 heteroatoms. The molecular weight excluding hydrogens is 472 g/mol. The van der Waals surface area contributed by atoms with Crippen LogP contribution >= 0.6 is 24.4 Å². The summed E-state index contributed by atoms with van der Waals surface area (Å²) in [4.78, 5) is 60.3. The van der Waals surface area contributed by atoms with Gasteiger partial charge in [-0.15, -0.1) is 0 Å². The van der Waals surface area contributed by atoms with Crippen molar-refractivity contribution in [1.82, 2.24) is 16.0 Å². The quantitative estimate of drug-likeness (QED) is 0.0751. The third kappa shape index (κ3) is 13.3. The first-order valence-electron chi connectivity index (χ1n) is 10.5. The van der Waals surface area contributed by atoms with Gasteiger partial charge in [-0.05, 0) is 44.2 Å². The maximum atomic E-state index is 12.9. The van der Waals surface area contributed by atoms with E-state index < -0.39 is 53.8 Å². The largest absolute Gasteiger partial charge is 0.480 e. The van der Waals surface area contributed by atoms with Gasteiger partial charge in [0, 0.05) is 12.2 Å². The van der Waals surface area contributed by atoms with Crippen LogP contribution in [0.4, 0.5) is 0 Å². The maximum Gasteiger partial charge on any atom is 0.327 e. The van der Waals surface area contributed by atoms with Gasteiger partial charge in [0.25, 0.3) is 0 Å². The predicted molar refractivity (Wildman–Crippen MR) is 130 cm³/mol. The van der Waals surface area contributed by atoms with Crippen LogP contribution in [0.3, 0.4) is 0 Å². The van der Waals surface area contributed by atoms with Crippen molar-refractivity contribution in [3.8, 4) is 0 Å². The minimum Gasteiger partial charge on any atom is -0.480 e. The van der Waals surface area contributed by atoms with Crippen molar-refractivity contribution in [2.45, 2.75) is 62.7 Å². The second kappa shape index (κ2) is 17.4. The highest BCUT2D eigenvalue weighted by Gasteiger charge is 2.30. The molecule has 0 saturated carbocycles. The van der Waals surface area contributed by atoms with Gasteiger partial charge in [0.2, 0.25) is 23.6 Å². The monoisotopic (exact) mass is 508 g/mol. The summed E-state index contributed by atoms with van der Waals surface area (Å²) in [6, 6.07) is -4.32. The third-order valence-corrected chi connectivity index (χ3v) is 5.67. The van der Waals surface area contributed by atoms with Crippen LogP contribution in [0.25, 0.3) is 0 Å². The average molecular weight is 509 g/mol. The van der Waals surface area contributed by atoms with Gasteiger partial charge in [-0.2, -0.15) is 24.4 Å². The zero-order chi connectivity index (χ0) is 25.4. The Morgan fingerprint density at radius 2 is 1.45 bits per heavy atom. The normalized spacial score (nSPS) is 14.4. The molecule has 4 atom stereocenters. The number of amides is 4. The van der Waals surface area contributed by atoms with E-state index in [1.165, 1.54) is 11.8 Å². The number of primary amides is 1. The second-order valence-corrected chi connectivity index (χ2v) is 8.73. The predicted octanol–water partition coefficient (Wildman–Crippen LogP) is -2.07. The highest BCUT2D eigenvalue weighted by atomic mass is 32.2. The van der Waals surface area contributed by atoms with Crippen LogP contribution in [-0.4, -0.2) is 83.2 Å². The molecule has 190 valence electrons. The molecule has 0 radical (unpaired) electrons. The number of nitrogens with two attached hydrogens (primary N) is 3. The van der Waals surface area contributed by atoms with Gasteiger partial charge in [0.15, 0.2) is 0 Å². The van der Waals surface area contributed by atoms with E-state index in [1.54, 1.807) is 0 Å². The Morgan fingerprint density at radius 1 is 0.909 bits per heavy atom. The van der Waals surface area contributed by atoms with Gasteiger partial charge in [0.05, 0.1) is 6.04 Å². The van der Waals surface area contributed by atoms with Crippen LogP contribution in [0.5, 0.6) is 0 Å². The van der Waals surface area contributed by atoms with Crippen LogP contribution in [0.15, 0.2) is 0 Å². The van der Waals surface area contributed by atoms with Crippen LogP contribution in [0, 0.1) is 0 Å². The molecule has 0 aromatic rings. The smallest absolute Gasteiger partial charge is 0.327 e. The number of hydrogen-bond acceptors (Lipinski definition) is 9. The molecule has 12 nitrogen and oxygen atoms in total. The fourth-order valence-electron chi connectivity index (χ4n) is 2.71. The number of nitrogens with one attached hydrogen (secondary N) is 3. The zero-order valence-electron chi connectivity index (χ0n) is 18.7. The summed E-state index contributed by atoms with van der Waals surface area (Å²) in [5.74, 6) is -3.55. The molecule has 0 heterocycles. The SMILES string of the molecule is CSCCC(NC(=O)C(CCC(N)=O)NC(=O)C(N)CCCCN)C(=O)NC(CS)C(=O)O. The minimum absolute atomic E-state index is 0.0896. The maximum absolute atomic E-state index is 12.9. The van der Waals surface area contributed by atoms with Gasteiger partial charge in [-0.25, -0.2) is 4.79 Å². The van der Waals surface area contributed by atoms with E-state index in [4.69, 9.17) is 22.3 Å². The van der Waals surface area contributed by atoms with E-state index in [0.717, 1.165) is 0 Å². The number of carboxylic acid groups (broad SMARTS) is 1. The van der Waals surface area contributed by atoms with Gasteiger partial charge in [-0.1, -0.05) is 6.42 Å². The number of unbranched alkanes of at least 4 members (excludes halogenated alkanes) is 1. The lowest BCUT2D eigenvalue weighted by Gasteiger charge is -2.25. The van der Waals surface area contributed by atoms with Crippen molar-refractivity contribution in [2.75, 3.05) is 24.3 Å². The Bertz CT molecular complexity index is 669. The van der Waals surface area contributed by atoms with Crippen LogP contribution < -0.4 is 33.2 Å². The number of rotatable bonds is 18. The summed E-state index contributed by atoms with van der Waals surface area (Å²) in [7, 11) is 0. The molecule has 0 saturated heterocycles. The number of carbonyl (C=O) groups excluding carboxylic acids is 4. The van der Waals surface area contributed by atoms with E-state index in [9.17, 15) is 24.0 Å². The zero-order valence-corrected chi connectivity index (χ0v) is 20.5. The molecule has 4 unspecified atom stereocenters. The lowest BCUT2D eigenvalue weighted by atomic mass is 10.1. The van der Waals surface area contributed by atoms with E-state index >= 15 is 0 Å². The summed E-state index contributed by atoms with van der Waals surface area (Å²) in [6.07, 6.45) is 3.46. The van der Waals surface area contributed by atoms with Crippen molar-refractivity contribution >= 4 is 54.0 Å². The Kier molecular flexibility index (Phi) is 16.4. The van der Waals surface area contributed by atoms with Crippen molar-refractivity contribution < 1.29 is 29.1 Å². The first kappa shape index (κ1) is 31.0. The number of thioether (sulfide) groups is 1. The topological polar surface area (TPSA) is 220 Å². The number of carbonyl (C=O) groups is 5. The summed E-state index contributed by atoms with van der Waals surface area (Å²) >= 11 is 5.34.